The number of ether oxygens (including phenoxy) is 1. The van der Waals surface area contributed by atoms with E-state index in [1.165, 1.54) is 0 Å². The van der Waals surface area contributed by atoms with Crippen LogP contribution in [0.3, 0.4) is 0 Å². The molecule has 1 amide bonds. The Morgan fingerprint density at radius 2 is 2.19 bits per heavy atom. The smallest absolute Gasteiger partial charge is 0.228 e. The van der Waals surface area contributed by atoms with Crippen molar-refractivity contribution in [3.8, 4) is 0 Å². The average molecular weight is 223 g/mol. The van der Waals surface area contributed by atoms with Crippen molar-refractivity contribution in [2.24, 2.45) is 23.7 Å². The fourth-order valence-corrected chi connectivity index (χ4v) is 4.64. The molecule has 0 unspecified atom stereocenters. The average Bonchev–Trinajstić information content (AvgIpc) is 2.83. The van der Waals surface area contributed by atoms with Gasteiger partial charge in [0, 0.05) is 12.0 Å². The van der Waals surface area contributed by atoms with Crippen LogP contribution in [0, 0.1) is 23.7 Å². The summed E-state index contributed by atoms with van der Waals surface area (Å²) in [4.78, 5) is 14.2. The van der Waals surface area contributed by atoms with Gasteiger partial charge in [0.25, 0.3) is 0 Å². The summed E-state index contributed by atoms with van der Waals surface area (Å²) in [6, 6.07) is 0.207. The molecule has 0 aromatic carbocycles. The molecule has 2 heterocycles. The van der Waals surface area contributed by atoms with Crippen LogP contribution in [0.5, 0.6) is 0 Å². The Labute approximate surface area is 94.6 Å². The summed E-state index contributed by atoms with van der Waals surface area (Å²) >= 11 is 0. The Bertz CT molecular complexity index is 369. The van der Waals surface area contributed by atoms with Gasteiger partial charge in [-0.05, 0) is 32.1 Å². The topological polar surface area (TPSA) is 49.8 Å². The molecule has 0 spiro atoms. The van der Waals surface area contributed by atoms with Crippen molar-refractivity contribution >= 4 is 5.91 Å². The number of fused-ring (bicyclic) bond motifs is 2. The zero-order chi connectivity index (χ0) is 11.2. The maximum Gasteiger partial charge on any atom is 0.228 e. The van der Waals surface area contributed by atoms with Crippen molar-refractivity contribution in [1.82, 2.24) is 4.90 Å². The van der Waals surface area contributed by atoms with Crippen molar-refractivity contribution in [1.29, 1.82) is 0 Å². The summed E-state index contributed by atoms with van der Waals surface area (Å²) in [6.07, 6.45) is 0.560. The van der Waals surface area contributed by atoms with Crippen LogP contribution >= 0.6 is 0 Å². The van der Waals surface area contributed by atoms with E-state index >= 15 is 0 Å². The van der Waals surface area contributed by atoms with Gasteiger partial charge in [0.1, 0.15) is 6.23 Å². The molecule has 0 aromatic rings. The third-order valence-electron chi connectivity index (χ3n) is 5.11. The summed E-state index contributed by atoms with van der Waals surface area (Å²) in [5.41, 5.74) is 0. The summed E-state index contributed by atoms with van der Waals surface area (Å²) in [5.74, 6) is 1.23. The number of nitrogens with zero attached hydrogens (tertiary/aromatic N) is 1. The van der Waals surface area contributed by atoms with Gasteiger partial charge in [-0.1, -0.05) is 0 Å². The maximum atomic E-state index is 12.3. The number of aliphatic hydroxyl groups excluding tert-OH is 1. The minimum Gasteiger partial charge on any atom is -0.390 e. The molecule has 2 saturated heterocycles. The Morgan fingerprint density at radius 3 is 2.88 bits per heavy atom. The number of amides is 1. The highest BCUT2D eigenvalue weighted by molar-refractivity contribution is 5.83. The van der Waals surface area contributed by atoms with Crippen LogP contribution in [0.25, 0.3) is 0 Å². The summed E-state index contributed by atoms with van der Waals surface area (Å²) < 4.78 is 5.94. The van der Waals surface area contributed by atoms with E-state index < -0.39 is 6.10 Å². The standard InChI is InChI=1S/C12H17NO3/c1-4(2)13-11(15)7-5-3-6-8(7)12(13)16-10(6)9(5)14/h4-10,12,14H,3H2,1-2H3/t5-,6-,7-,8+,9+,10+,12-/m1/s1. The third-order valence-corrected chi connectivity index (χ3v) is 5.11. The van der Waals surface area contributed by atoms with Crippen LogP contribution < -0.4 is 0 Å². The van der Waals surface area contributed by atoms with Crippen LogP contribution in [0.1, 0.15) is 20.3 Å². The molecule has 88 valence electrons. The van der Waals surface area contributed by atoms with Crippen LogP contribution in [0.4, 0.5) is 0 Å². The minimum atomic E-state index is -0.394. The molecule has 4 rings (SSSR count). The SMILES string of the molecule is CC(C)N1C(=O)[C@@H]2[C@H]3C[C@H]4[C@H](O[C@@H]1[C@@H]42)[C@H]3O. The molecule has 2 aliphatic heterocycles. The van der Waals surface area contributed by atoms with Crippen molar-refractivity contribution < 1.29 is 14.6 Å². The molecular formula is C12H17NO3. The Hall–Kier alpha value is -0.610. The van der Waals surface area contributed by atoms with Gasteiger partial charge in [0.2, 0.25) is 5.91 Å². The number of hydrogen-bond donors (Lipinski definition) is 1. The van der Waals surface area contributed by atoms with Gasteiger partial charge >= 0.3 is 0 Å². The van der Waals surface area contributed by atoms with Crippen LogP contribution in [-0.2, 0) is 9.53 Å². The van der Waals surface area contributed by atoms with Gasteiger partial charge in [-0.15, -0.1) is 0 Å². The molecule has 2 aliphatic carbocycles. The first-order valence-corrected chi connectivity index (χ1v) is 6.27. The lowest BCUT2D eigenvalue weighted by atomic mass is 9.80. The van der Waals surface area contributed by atoms with E-state index in [-0.39, 0.29) is 36.1 Å². The Balaban J connectivity index is 1.80. The largest absolute Gasteiger partial charge is 0.390 e. The van der Waals surface area contributed by atoms with Crippen LogP contribution in [0.2, 0.25) is 0 Å². The van der Waals surface area contributed by atoms with E-state index in [0.29, 0.717) is 11.8 Å². The zero-order valence-electron chi connectivity index (χ0n) is 9.54. The van der Waals surface area contributed by atoms with E-state index in [1.807, 2.05) is 18.7 Å². The second kappa shape index (κ2) is 2.62. The number of hydrogen-bond acceptors (Lipinski definition) is 3. The van der Waals surface area contributed by atoms with Gasteiger partial charge in [0.15, 0.2) is 0 Å². The predicted octanol–water partition coefficient (Wildman–Crippen LogP) is 0.205. The molecule has 7 atom stereocenters. The molecule has 4 fully saturated rings. The van der Waals surface area contributed by atoms with Gasteiger partial charge in [-0.2, -0.15) is 0 Å². The molecule has 2 bridgehead atoms. The molecule has 16 heavy (non-hydrogen) atoms. The highest BCUT2D eigenvalue weighted by atomic mass is 16.5. The number of likely N-dealkylation sites (tertiary alicyclic amines) is 1. The Kier molecular flexibility index (Phi) is 1.54. The van der Waals surface area contributed by atoms with E-state index in [9.17, 15) is 9.90 Å². The van der Waals surface area contributed by atoms with Gasteiger partial charge in [-0.25, -0.2) is 0 Å². The first-order valence-electron chi connectivity index (χ1n) is 6.27. The molecule has 1 N–H and O–H groups in total. The Morgan fingerprint density at radius 1 is 1.44 bits per heavy atom. The van der Waals surface area contributed by atoms with Crippen LogP contribution in [-0.4, -0.2) is 40.4 Å². The highest BCUT2D eigenvalue weighted by Gasteiger charge is 2.72. The lowest BCUT2D eigenvalue weighted by molar-refractivity contribution is -0.154. The van der Waals surface area contributed by atoms with Crippen molar-refractivity contribution in [2.75, 3.05) is 0 Å². The molecule has 0 radical (unpaired) electrons. The fraction of sp³-hybridized carbons (Fsp3) is 0.917. The lowest BCUT2D eigenvalue weighted by Crippen LogP contribution is -2.46. The molecule has 4 heteroatoms. The zero-order valence-corrected chi connectivity index (χ0v) is 9.54. The van der Waals surface area contributed by atoms with Gasteiger partial charge < -0.3 is 14.7 Å². The van der Waals surface area contributed by atoms with E-state index in [1.54, 1.807) is 0 Å². The predicted molar refractivity (Wildman–Crippen MR) is 55.2 cm³/mol. The second-order valence-electron chi connectivity index (χ2n) is 5.99. The van der Waals surface area contributed by atoms with Crippen LogP contribution in [0.15, 0.2) is 0 Å². The molecule has 0 aromatic heterocycles. The van der Waals surface area contributed by atoms with Crippen molar-refractivity contribution in [3.63, 3.8) is 0 Å². The second-order valence-corrected chi connectivity index (χ2v) is 5.99. The summed E-state index contributed by atoms with van der Waals surface area (Å²) in [5, 5.41) is 10.1. The van der Waals surface area contributed by atoms with Crippen molar-refractivity contribution in [2.45, 2.75) is 44.7 Å². The minimum absolute atomic E-state index is 0.00519. The molecule has 2 saturated carbocycles. The number of carbonyl (C=O) groups excluding carboxylic acids is 1. The maximum absolute atomic E-state index is 12.3. The van der Waals surface area contributed by atoms with E-state index in [0.717, 1.165) is 6.42 Å². The summed E-state index contributed by atoms with van der Waals surface area (Å²) in [7, 11) is 0. The molecule has 4 aliphatic rings. The summed E-state index contributed by atoms with van der Waals surface area (Å²) in [6.45, 7) is 4.08. The van der Waals surface area contributed by atoms with Gasteiger partial charge in [0.05, 0.1) is 18.1 Å². The normalized spacial score (nSPS) is 57.1. The number of aliphatic hydroxyl groups is 1. The molecular weight excluding hydrogens is 206 g/mol. The monoisotopic (exact) mass is 223 g/mol. The first kappa shape index (κ1) is 9.42. The van der Waals surface area contributed by atoms with E-state index in [2.05, 4.69) is 0 Å². The molecule has 4 nitrogen and oxygen atoms in total. The number of rotatable bonds is 1. The first-order chi connectivity index (χ1) is 7.61. The third kappa shape index (κ3) is 0.778. The quantitative estimate of drug-likeness (QED) is 0.691. The van der Waals surface area contributed by atoms with Crippen molar-refractivity contribution in [3.05, 3.63) is 0 Å². The van der Waals surface area contributed by atoms with Gasteiger partial charge in [-0.3, -0.25) is 4.79 Å². The van der Waals surface area contributed by atoms with E-state index in [4.69, 9.17) is 4.74 Å². The lowest BCUT2D eigenvalue weighted by Gasteiger charge is -2.32. The highest BCUT2D eigenvalue weighted by Crippen LogP contribution is 2.63. The fourth-order valence-electron chi connectivity index (χ4n) is 4.64. The number of carbonyl (C=O) groups is 1.